The van der Waals surface area contributed by atoms with Crippen LogP contribution in [-0.2, 0) is 0 Å². The zero-order valence-electron chi connectivity index (χ0n) is 12.8. The summed E-state index contributed by atoms with van der Waals surface area (Å²) in [4.78, 5) is 14.8. The summed E-state index contributed by atoms with van der Waals surface area (Å²) in [5, 5.41) is 3.19. The van der Waals surface area contributed by atoms with Gasteiger partial charge in [-0.15, -0.1) is 11.3 Å². The van der Waals surface area contributed by atoms with E-state index < -0.39 is 0 Å². The molecule has 122 valence electrons. The average molecular weight is 394 g/mol. The molecule has 0 amide bonds. The Morgan fingerprint density at radius 3 is 2.75 bits per heavy atom. The molecule has 0 bridgehead atoms. The van der Waals surface area contributed by atoms with Crippen LogP contribution in [0.5, 0.6) is 0 Å². The molecule has 3 aromatic rings. The first-order valence-electron chi connectivity index (χ1n) is 7.49. The third kappa shape index (κ3) is 3.18. The molecule has 2 aromatic heterocycles. The highest BCUT2D eigenvalue weighted by molar-refractivity contribution is 7.98. The fourth-order valence-corrected chi connectivity index (χ4v) is 4.40. The Morgan fingerprint density at radius 1 is 1.17 bits per heavy atom. The zero-order chi connectivity index (χ0) is 16.7. The van der Waals surface area contributed by atoms with Crippen LogP contribution in [0, 0.1) is 0 Å². The van der Waals surface area contributed by atoms with E-state index in [0.29, 0.717) is 16.0 Å². The fourth-order valence-electron chi connectivity index (χ4n) is 2.44. The molecule has 1 aromatic carbocycles. The number of thiazole rings is 1. The van der Waals surface area contributed by atoms with E-state index >= 15 is 0 Å². The van der Waals surface area contributed by atoms with Crippen molar-refractivity contribution in [3.63, 3.8) is 0 Å². The quantitative estimate of drug-likeness (QED) is 0.392. The lowest BCUT2D eigenvalue weighted by atomic mass is 10.1. The molecule has 0 aliphatic heterocycles. The maximum atomic E-state index is 6.42. The van der Waals surface area contributed by atoms with Crippen molar-refractivity contribution in [1.29, 1.82) is 0 Å². The van der Waals surface area contributed by atoms with Crippen LogP contribution in [0.15, 0.2) is 35.6 Å². The fraction of sp³-hybridized carbons (Fsp3) is 0.235. The van der Waals surface area contributed by atoms with Crippen LogP contribution in [0.1, 0.15) is 23.8 Å². The molecule has 2 heterocycles. The molecular formula is C17H13Cl2N3S2. The van der Waals surface area contributed by atoms with E-state index in [-0.39, 0.29) is 0 Å². The van der Waals surface area contributed by atoms with E-state index in [1.165, 1.54) is 24.6 Å². The van der Waals surface area contributed by atoms with Crippen molar-refractivity contribution in [2.24, 2.45) is 0 Å². The van der Waals surface area contributed by atoms with Gasteiger partial charge in [0, 0.05) is 22.7 Å². The Bertz CT molecular complexity index is 907. The molecule has 1 aliphatic rings. The first-order valence-corrected chi connectivity index (χ1v) is 10.3. The van der Waals surface area contributed by atoms with Gasteiger partial charge in [0.15, 0.2) is 5.16 Å². The smallest absolute Gasteiger partial charge is 0.187 e. The molecule has 0 N–H and O–H groups in total. The Kier molecular flexibility index (Phi) is 4.52. The van der Waals surface area contributed by atoms with Crippen molar-refractivity contribution in [1.82, 2.24) is 15.0 Å². The van der Waals surface area contributed by atoms with Crippen LogP contribution in [0.2, 0.25) is 10.0 Å². The molecule has 0 spiro atoms. The highest BCUT2D eigenvalue weighted by atomic mass is 35.5. The van der Waals surface area contributed by atoms with E-state index in [4.69, 9.17) is 28.2 Å². The second-order valence-electron chi connectivity index (χ2n) is 5.56. The van der Waals surface area contributed by atoms with E-state index in [1.807, 2.05) is 24.5 Å². The molecule has 0 unspecified atom stereocenters. The van der Waals surface area contributed by atoms with E-state index in [0.717, 1.165) is 32.0 Å². The molecule has 0 radical (unpaired) electrons. The topological polar surface area (TPSA) is 38.7 Å². The molecular weight excluding hydrogens is 381 g/mol. The summed E-state index contributed by atoms with van der Waals surface area (Å²) in [7, 11) is 0. The van der Waals surface area contributed by atoms with Crippen LogP contribution in [0.3, 0.4) is 0 Å². The summed E-state index contributed by atoms with van der Waals surface area (Å²) in [6.07, 6.45) is 6.16. The summed E-state index contributed by atoms with van der Waals surface area (Å²) in [5.74, 6) is 0.572. The molecule has 0 saturated heterocycles. The Labute approximate surface area is 158 Å². The van der Waals surface area contributed by atoms with Gasteiger partial charge < -0.3 is 0 Å². The van der Waals surface area contributed by atoms with Crippen molar-refractivity contribution >= 4 is 46.3 Å². The van der Waals surface area contributed by atoms with Gasteiger partial charge >= 0.3 is 0 Å². The second kappa shape index (κ2) is 6.64. The number of hydrogen-bond donors (Lipinski definition) is 0. The number of nitrogens with zero attached hydrogens (tertiary/aromatic N) is 3. The minimum absolute atomic E-state index is 0.572. The first-order chi connectivity index (χ1) is 11.7. The van der Waals surface area contributed by atoms with Crippen LogP contribution in [0.4, 0.5) is 0 Å². The Morgan fingerprint density at radius 2 is 2.00 bits per heavy atom. The Hall–Kier alpha value is -1.14. The van der Waals surface area contributed by atoms with E-state index in [1.54, 1.807) is 23.6 Å². The third-order valence-electron chi connectivity index (χ3n) is 3.80. The third-order valence-corrected chi connectivity index (χ3v) is 6.17. The maximum Gasteiger partial charge on any atom is 0.187 e. The molecule has 1 fully saturated rings. The first kappa shape index (κ1) is 16.3. The highest BCUT2D eigenvalue weighted by Gasteiger charge is 2.29. The lowest BCUT2D eigenvalue weighted by molar-refractivity contribution is 0.978. The molecule has 1 saturated carbocycles. The zero-order valence-corrected chi connectivity index (χ0v) is 15.9. The van der Waals surface area contributed by atoms with Gasteiger partial charge in [-0.05, 0) is 43.4 Å². The van der Waals surface area contributed by atoms with Gasteiger partial charge in [-0.2, -0.15) is 0 Å². The van der Waals surface area contributed by atoms with Crippen molar-refractivity contribution in [2.75, 3.05) is 6.26 Å². The normalized spacial score (nSPS) is 14.1. The number of aromatic nitrogens is 3. The van der Waals surface area contributed by atoms with Gasteiger partial charge in [-0.25, -0.2) is 15.0 Å². The van der Waals surface area contributed by atoms with Gasteiger partial charge in [-0.1, -0.05) is 35.0 Å². The summed E-state index contributed by atoms with van der Waals surface area (Å²) in [5.41, 5.74) is 2.59. The number of rotatable bonds is 4. The standard InChI is InChI=1S/C17H13Cl2N3S2/c1-23-17-20-7-6-13(21-17)15-14(22-16(24-15)9-2-3-9)11-8-10(18)4-5-12(11)19/h4-9H,2-3H2,1H3. The van der Waals surface area contributed by atoms with Crippen molar-refractivity contribution in [2.45, 2.75) is 23.9 Å². The number of benzene rings is 1. The average Bonchev–Trinajstić information content (AvgIpc) is 3.36. The summed E-state index contributed by atoms with van der Waals surface area (Å²) >= 11 is 15.8. The number of thioether (sulfide) groups is 1. The molecule has 4 rings (SSSR count). The lowest BCUT2D eigenvalue weighted by Gasteiger charge is -2.06. The second-order valence-corrected chi connectivity index (χ2v) is 8.20. The van der Waals surface area contributed by atoms with Gasteiger partial charge in [-0.3, -0.25) is 0 Å². The van der Waals surface area contributed by atoms with E-state index in [9.17, 15) is 0 Å². The largest absolute Gasteiger partial charge is 0.240 e. The van der Waals surface area contributed by atoms with Crippen molar-refractivity contribution in [3.05, 3.63) is 45.5 Å². The maximum absolute atomic E-state index is 6.42. The van der Waals surface area contributed by atoms with Crippen LogP contribution >= 0.6 is 46.3 Å². The van der Waals surface area contributed by atoms with Crippen molar-refractivity contribution in [3.8, 4) is 21.8 Å². The predicted molar refractivity (Wildman–Crippen MR) is 102 cm³/mol. The molecule has 0 atom stereocenters. The summed E-state index contributed by atoms with van der Waals surface area (Å²) in [6.45, 7) is 0. The number of halogens is 2. The van der Waals surface area contributed by atoms with E-state index in [2.05, 4.69) is 9.97 Å². The minimum atomic E-state index is 0.572. The summed E-state index contributed by atoms with van der Waals surface area (Å²) in [6, 6.07) is 7.39. The minimum Gasteiger partial charge on any atom is -0.240 e. The lowest BCUT2D eigenvalue weighted by Crippen LogP contribution is -1.90. The van der Waals surface area contributed by atoms with Crippen LogP contribution in [0.25, 0.3) is 21.8 Å². The molecule has 24 heavy (non-hydrogen) atoms. The molecule has 3 nitrogen and oxygen atoms in total. The highest BCUT2D eigenvalue weighted by Crippen LogP contribution is 2.47. The molecule has 1 aliphatic carbocycles. The SMILES string of the molecule is CSc1nccc(-c2sc(C3CC3)nc2-c2cc(Cl)ccc2Cl)n1. The monoisotopic (exact) mass is 393 g/mol. The van der Waals surface area contributed by atoms with Gasteiger partial charge in [0.25, 0.3) is 0 Å². The molecule has 7 heteroatoms. The van der Waals surface area contributed by atoms with Gasteiger partial charge in [0.2, 0.25) is 0 Å². The van der Waals surface area contributed by atoms with Gasteiger partial charge in [0.05, 0.1) is 26.3 Å². The van der Waals surface area contributed by atoms with Crippen LogP contribution in [-0.4, -0.2) is 21.2 Å². The van der Waals surface area contributed by atoms with Crippen molar-refractivity contribution < 1.29 is 0 Å². The Balaban J connectivity index is 1.90. The van der Waals surface area contributed by atoms with Crippen LogP contribution < -0.4 is 0 Å². The number of hydrogen-bond acceptors (Lipinski definition) is 5. The van der Waals surface area contributed by atoms with Gasteiger partial charge in [0.1, 0.15) is 0 Å². The summed E-state index contributed by atoms with van der Waals surface area (Å²) < 4.78 is 0. The predicted octanol–water partition coefficient (Wildman–Crippen LogP) is 6.17.